The Morgan fingerprint density at radius 3 is 2.58 bits per heavy atom. The zero-order valence-corrected chi connectivity index (χ0v) is 16.3. The average molecular weight is 375 g/mol. The van der Waals surface area contributed by atoms with Crippen molar-refractivity contribution in [3.05, 3.63) is 47.2 Å². The van der Waals surface area contributed by atoms with Crippen LogP contribution in [0.1, 0.15) is 43.7 Å². The number of rotatable bonds is 3. The van der Waals surface area contributed by atoms with Crippen molar-refractivity contribution in [3.8, 4) is 0 Å². The second kappa shape index (κ2) is 7.23. The van der Waals surface area contributed by atoms with Crippen LogP contribution >= 0.6 is 0 Å². The van der Waals surface area contributed by atoms with Crippen LogP contribution in [0.3, 0.4) is 0 Å². The van der Waals surface area contributed by atoms with Gasteiger partial charge in [-0.1, -0.05) is 36.8 Å². The van der Waals surface area contributed by atoms with Crippen molar-refractivity contribution in [2.24, 2.45) is 4.40 Å². The highest BCUT2D eigenvalue weighted by molar-refractivity contribution is 7.88. The van der Waals surface area contributed by atoms with Crippen LogP contribution in [0.25, 0.3) is 0 Å². The van der Waals surface area contributed by atoms with E-state index in [-0.39, 0.29) is 17.6 Å². The molecule has 140 valence electrons. The Labute approximate surface area is 155 Å². The summed E-state index contributed by atoms with van der Waals surface area (Å²) >= 11 is 0. The molecule has 1 unspecified atom stereocenters. The molecular formula is C19H25N3O3S. The Kier molecular flexibility index (Phi) is 5.18. The van der Waals surface area contributed by atoms with Crippen LogP contribution < -0.4 is 0 Å². The summed E-state index contributed by atoms with van der Waals surface area (Å²) in [5.41, 5.74) is 2.22. The summed E-state index contributed by atoms with van der Waals surface area (Å²) in [6.07, 6.45) is 5.48. The summed E-state index contributed by atoms with van der Waals surface area (Å²) in [5, 5.41) is 0. The van der Waals surface area contributed by atoms with Gasteiger partial charge in [-0.3, -0.25) is 4.79 Å². The zero-order valence-electron chi connectivity index (χ0n) is 15.5. The number of likely N-dealkylation sites (N-methyl/N-ethyl adjacent to an activating group) is 1. The summed E-state index contributed by atoms with van der Waals surface area (Å²) in [7, 11) is -2.53. The summed E-state index contributed by atoms with van der Waals surface area (Å²) in [6.45, 7) is 4.69. The van der Waals surface area contributed by atoms with Crippen LogP contribution in [-0.4, -0.2) is 48.9 Å². The van der Waals surface area contributed by atoms with Crippen molar-refractivity contribution in [2.75, 3.05) is 13.6 Å². The fraction of sp³-hybridized carbons (Fsp3) is 0.474. The summed E-state index contributed by atoms with van der Waals surface area (Å²) < 4.78 is 29.9. The fourth-order valence-corrected chi connectivity index (χ4v) is 4.36. The Balaban J connectivity index is 2.00. The van der Waals surface area contributed by atoms with Crippen LogP contribution in [0, 0.1) is 6.92 Å². The molecule has 2 aliphatic rings. The monoisotopic (exact) mass is 375 g/mol. The van der Waals surface area contributed by atoms with Gasteiger partial charge in [0.2, 0.25) is 0 Å². The summed E-state index contributed by atoms with van der Waals surface area (Å²) in [6, 6.07) is 7.60. The highest BCUT2D eigenvalue weighted by Gasteiger charge is 2.35. The Morgan fingerprint density at radius 1 is 1.23 bits per heavy atom. The molecule has 0 radical (unpaired) electrons. The third-order valence-corrected chi connectivity index (χ3v) is 6.41. The third-order valence-electron chi connectivity index (χ3n) is 5.10. The Morgan fingerprint density at radius 2 is 1.92 bits per heavy atom. The van der Waals surface area contributed by atoms with Crippen molar-refractivity contribution in [3.63, 3.8) is 0 Å². The molecule has 1 amide bonds. The van der Waals surface area contributed by atoms with Crippen LogP contribution in [0.4, 0.5) is 0 Å². The molecule has 6 nitrogen and oxygen atoms in total. The van der Waals surface area contributed by atoms with Gasteiger partial charge in [0.1, 0.15) is 5.70 Å². The molecule has 2 heterocycles. The fourth-order valence-electron chi connectivity index (χ4n) is 3.45. The summed E-state index contributed by atoms with van der Waals surface area (Å²) in [4.78, 5) is 15.0. The molecule has 1 fully saturated rings. The maximum atomic E-state index is 13.1. The number of aryl methyl sites for hydroxylation is 1. The van der Waals surface area contributed by atoms with Crippen LogP contribution in [0.2, 0.25) is 0 Å². The smallest absolute Gasteiger partial charge is 0.334 e. The lowest BCUT2D eigenvalue weighted by atomic mass is 9.99. The molecule has 26 heavy (non-hydrogen) atoms. The highest BCUT2D eigenvalue weighted by atomic mass is 32.2. The van der Waals surface area contributed by atoms with E-state index in [1.54, 1.807) is 6.08 Å². The number of likely N-dealkylation sites (tertiary alicyclic amines) is 1. The van der Waals surface area contributed by atoms with E-state index in [9.17, 15) is 13.2 Å². The van der Waals surface area contributed by atoms with Gasteiger partial charge in [-0.15, -0.1) is 4.40 Å². The topological polar surface area (TPSA) is 70.0 Å². The third kappa shape index (κ3) is 3.53. The number of hydrogen-bond donors (Lipinski definition) is 0. The number of amides is 1. The Bertz CT molecular complexity index is 857. The van der Waals surface area contributed by atoms with Crippen LogP contribution in [-0.2, 0) is 15.0 Å². The van der Waals surface area contributed by atoms with Gasteiger partial charge >= 0.3 is 10.2 Å². The quantitative estimate of drug-likeness (QED) is 0.815. The molecule has 0 aromatic heterocycles. The first-order valence-corrected chi connectivity index (χ1v) is 10.4. The van der Waals surface area contributed by atoms with E-state index in [2.05, 4.69) is 11.3 Å². The molecule has 0 spiro atoms. The standard InChI is InChI=1S/C19H25N3O3S/c1-4-16-7-5-6-12-22(16)19(23)18-13-17(20-26(24,25)21(18)3)15-10-8-14(2)9-11-15/h8-11,13,16H,4-7,12H2,1-3H3. The van der Waals surface area contributed by atoms with E-state index in [0.717, 1.165) is 35.6 Å². The second-order valence-electron chi connectivity index (χ2n) is 6.87. The minimum absolute atomic E-state index is 0.162. The SMILES string of the molecule is CCC1CCCCN1C(=O)C1=CC(c2ccc(C)cc2)=NS(=O)(=O)N1C. The van der Waals surface area contributed by atoms with E-state index in [1.165, 1.54) is 7.05 Å². The number of nitrogens with zero attached hydrogens (tertiary/aromatic N) is 3. The molecule has 0 saturated carbocycles. The molecular weight excluding hydrogens is 350 g/mol. The average Bonchev–Trinajstić information content (AvgIpc) is 2.63. The normalized spacial score (nSPS) is 22.7. The number of hydrogen-bond acceptors (Lipinski definition) is 3. The first kappa shape index (κ1) is 18.6. The number of piperidine rings is 1. The summed E-state index contributed by atoms with van der Waals surface area (Å²) in [5.74, 6) is -0.234. The Hall–Kier alpha value is -2.15. The molecule has 0 N–H and O–H groups in total. The van der Waals surface area contributed by atoms with Gasteiger partial charge in [-0.2, -0.15) is 8.42 Å². The molecule has 1 atom stereocenters. The van der Waals surface area contributed by atoms with Gasteiger partial charge in [0.25, 0.3) is 5.91 Å². The minimum Gasteiger partial charge on any atom is -0.334 e. The zero-order chi connectivity index (χ0) is 18.9. The molecule has 1 aromatic rings. The number of allylic oxidation sites excluding steroid dienone is 1. The van der Waals surface area contributed by atoms with Crippen molar-refractivity contribution in [1.82, 2.24) is 9.21 Å². The maximum Gasteiger partial charge on any atom is 0.345 e. The molecule has 2 aliphatic heterocycles. The van der Waals surface area contributed by atoms with E-state index in [4.69, 9.17) is 0 Å². The molecule has 7 heteroatoms. The lowest BCUT2D eigenvalue weighted by molar-refractivity contribution is -0.131. The molecule has 0 aliphatic carbocycles. The van der Waals surface area contributed by atoms with Gasteiger partial charge in [-0.25, -0.2) is 4.31 Å². The lowest BCUT2D eigenvalue weighted by Crippen LogP contribution is -2.47. The minimum atomic E-state index is -3.92. The van der Waals surface area contributed by atoms with Crippen molar-refractivity contribution >= 4 is 21.8 Å². The number of carbonyl (C=O) groups is 1. The number of carbonyl (C=O) groups excluding carboxylic acids is 1. The van der Waals surface area contributed by atoms with E-state index < -0.39 is 10.2 Å². The van der Waals surface area contributed by atoms with E-state index in [1.807, 2.05) is 36.1 Å². The molecule has 0 bridgehead atoms. The van der Waals surface area contributed by atoms with Crippen molar-refractivity contribution < 1.29 is 13.2 Å². The van der Waals surface area contributed by atoms with Crippen molar-refractivity contribution in [1.29, 1.82) is 0 Å². The van der Waals surface area contributed by atoms with Gasteiger partial charge in [0.05, 0.1) is 5.71 Å². The van der Waals surface area contributed by atoms with Crippen LogP contribution in [0.5, 0.6) is 0 Å². The first-order chi connectivity index (χ1) is 12.3. The maximum absolute atomic E-state index is 13.1. The predicted octanol–water partition coefficient (Wildman–Crippen LogP) is 2.65. The number of benzene rings is 1. The highest BCUT2D eigenvalue weighted by Crippen LogP contribution is 2.26. The molecule has 1 aromatic carbocycles. The second-order valence-corrected chi connectivity index (χ2v) is 8.50. The van der Waals surface area contributed by atoms with Gasteiger partial charge in [-0.05, 0) is 38.7 Å². The van der Waals surface area contributed by atoms with E-state index >= 15 is 0 Å². The predicted molar refractivity (Wildman–Crippen MR) is 102 cm³/mol. The first-order valence-electron chi connectivity index (χ1n) is 9.02. The molecule has 3 rings (SSSR count). The van der Waals surface area contributed by atoms with E-state index in [0.29, 0.717) is 17.8 Å². The van der Waals surface area contributed by atoms with Crippen molar-refractivity contribution in [2.45, 2.75) is 45.6 Å². The van der Waals surface area contributed by atoms with Gasteiger partial charge in [0.15, 0.2) is 0 Å². The molecule has 1 saturated heterocycles. The van der Waals surface area contributed by atoms with Gasteiger partial charge in [0, 0.05) is 25.2 Å². The van der Waals surface area contributed by atoms with Gasteiger partial charge < -0.3 is 4.90 Å². The lowest BCUT2D eigenvalue weighted by Gasteiger charge is -2.37. The largest absolute Gasteiger partial charge is 0.345 e. The van der Waals surface area contributed by atoms with Crippen LogP contribution in [0.15, 0.2) is 40.4 Å².